The van der Waals surface area contributed by atoms with Crippen molar-refractivity contribution in [2.45, 2.75) is 57.0 Å². The maximum atomic E-state index is 10.9. The first-order valence-corrected chi connectivity index (χ1v) is 7.56. The lowest BCUT2D eigenvalue weighted by Gasteiger charge is -2.32. The van der Waals surface area contributed by atoms with Crippen LogP contribution in [-0.4, -0.2) is 10.7 Å². The number of rotatable bonds is 2. The van der Waals surface area contributed by atoms with Crippen LogP contribution in [0.4, 0.5) is 0 Å². The number of aliphatic hydroxyl groups is 1. The van der Waals surface area contributed by atoms with E-state index in [1.165, 1.54) is 44.1 Å². The number of aryl methyl sites for hydroxylation is 2. The normalized spacial score (nSPS) is 37.2. The molecule has 0 heterocycles. The third kappa shape index (κ3) is 1.64. The van der Waals surface area contributed by atoms with E-state index in [2.05, 4.69) is 18.2 Å². The number of fused-ring (bicyclic) bond motifs is 3. The van der Waals surface area contributed by atoms with Crippen LogP contribution in [0.15, 0.2) is 18.2 Å². The maximum Gasteiger partial charge on any atom is 0.0718 e. The third-order valence-corrected chi connectivity index (χ3v) is 5.62. The van der Waals surface area contributed by atoms with Gasteiger partial charge < -0.3 is 5.11 Å². The van der Waals surface area contributed by atoms with Crippen molar-refractivity contribution in [3.8, 4) is 0 Å². The van der Waals surface area contributed by atoms with E-state index in [0.717, 1.165) is 18.8 Å². The second-order valence-corrected chi connectivity index (χ2v) is 6.82. The van der Waals surface area contributed by atoms with E-state index in [-0.39, 0.29) is 5.60 Å². The van der Waals surface area contributed by atoms with Gasteiger partial charge in [-0.15, -0.1) is 0 Å². The third-order valence-electron chi connectivity index (χ3n) is 5.62. The Balaban J connectivity index is 1.58. The highest BCUT2D eigenvalue weighted by molar-refractivity contribution is 5.36. The Hall–Kier alpha value is -0.820. The van der Waals surface area contributed by atoms with E-state index >= 15 is 0 Å². The lowest BCUT2D eigenvalue weighted by Crippen LogP contribution is -2.37. The van der Waals surface area contributed by atoms with Gasteiger partial charge in [0.1, 0.15) is 0 Å². The van der Waals surface area contributed by atoms with Crippen LogP contribution in [0.1, 0.15) is 48.8 Å². The van der Waals surface area contributed by atoms with Crippen LogP contribution in [0.3, 0.4) is 0 Å². The topological polar surface area (TPSA) is 20.2 Å². The molecule has 1 aromatic carbocycles. The van der Waals surface area contributed by atoms with Crippen LogP contribution < -0.4 is 0 Å². The molecule has 2 bridgehead atoms. The van der Waals surface area contributed by atoms with E-state index in [0.29, 0.717) is 5.92 Å². The van der Waals surface area contributed by atoms with Crippen molar-refractivity contribution in [3.63, 3.8) is 0 Å². The predicted molar refractivity (Wildman–Crippen MR) is 72.6 cm³/mol. The van der Waals surface area contributed by atoms with Crippen LogP contribution in [0, 0.1) is 11.8 Å². The summed E-state index contributed by atoms with van der Waals surface area (Å²) in [6.07, 6.45) is 9.65. The quantitative estimate of drug-likeness (QED) is 0.844. The fourth-order valence-electron chi connectivity index (χ4n) is 4.72. The van der Waals surface area contributed by atoms with E-state index in [4.69, 9.17) is 0 Å². The van der Waals surface area contributed by atoms with Gasteiger partial charge in [0.15, 0.2) is 0 Å². The first-order valence-electron chi connectivity index (χ1n) is 7.56. The Morgan fingerprint density at radius 1 is 1.17 bits per heavy atom. The van der Waals surface area contributed by atoms with Gasteiger partial charge in [-0.05, 0) is 73.5 Å². The molecule has 96 valence electrons. The lowest BCUT2D eigenvalue weighted by atomic mass is 9.79. The molecule has 3 aliphatic carbocycles. The van der Waals surface area contributed by atoms with Crippen molar-refractivity contribution in [1.82, 2.24) is 0 Å². The average Bonchev–Trinajstić information content (AvgIpc) is 3.01. The summed E-state index contributed by atoms with van der Waals surface area (Å²) in [5, 5.41) is 10.9. The number of hydrogen-bond donors (Lipinski definition) is 1. The van der Waals surface area contributed by atoms with Gasteiger partial charge in [-0.1, -0.05) is 18.2 Å². The largest absolute Gasteiger partial charge is 0.389 e. The van der Waals surface area contributed by atoms with Gasteiger partial charge in [0, 0.05) is 6.42 Å². The molecule has 18 heavy (non-hydrogen) atoms. The molecule has 3 atom stereocenters. The first kappa shape index (κ1) is 11.0. The van der Waals surface area contributed by atoms with Crippen molar-refractivity contribution in [1.29, 1.82) is 0 Å². The fraction of sp³-hybridized carbons (Fsp3) is 0.647. The molecule has 0 aliphatic heterocycles. The molecule has 3 unspecified atom stereocenters. The summed E-state index contributed by atoms with van der Waals surface area (Å²) in [7, 11) is 0. The molecule has 0 spiro atoms. The smallest absolute Gasteiger partial charge is 0.0718 e. The zero-order valence-electron chi connectivity index (χ0n) is 11.0. The van der Waals surface area contributed by atoms with Crippen LogP contribution in [0.2, 0.25) is 0 Å². The lowest BCUT2D eigenvalue weighted by molar-refractivity contribution is -0.0125. The molecule has 0 saturated heterocycles. The van der Waals surface area contributed by atoms with Crippen molar-refractivity contribution in [2.75, 3.05) is 0 Å². The summed E-state index contributed by atoms with van der Waals surface area (Å²) in [5.74, 6) is 1.39. The zero-order chi connectivity index (χ0) is 12.2. The summed E-state index contributed by atoms with van der Waals surface area (Å²) in [4.78, 5) is 0. The van der Waals surface area contributed by atoms with Crippen molar-refractivity contribution < 1.29 is 5.11 Å². The van der Waals surface area contributed by atoms with Crippen LogP contribution in [0.5, 0.6) is 0 Å². The van der Waals surface area contributed by atoms with Gasteiger partial charge in [-0.2, -0.15) is 0 Å². The van der Waals surface area contributed by atoms with Crippen LogP contribution in [0.25, 0.3) is 0 Å². The molecule has 1 aromatic rings. The monoisotopic (exact) mass is 242 g/mol. The summed E-state index contributed by atoms with van der Waals surface area (Å²) >= 11 is 0. The minimum atomic E-state index is -0.379. The Labute approximate surface area is 109 Å². The molecule has 1 N–H and O–H groups in total. The molecule has 1 nitrogen and oxygen atoms in total. The fourth-order valence-corrected chi connectivity index (χ4v) is 4.72. The minimum Gasteiger partial charge on any atom is -0.389 e. The van der Waals surface area contributed by atoms with E-state index in [9.17, 15) is 5.11 Å². The highest BCUT2D eigenvalue weighted by Crippen LogP contribution is 2.52. The number of benzene rings is 1. The molecule has 2 fully saturated rings. The Morgan fingerprint density at radius 2 is 2.06 bits per heavy atom. The van der Waals surface area contributed by atoms with Crippen molar-refractivity contribution in [2.24, 2.45) is 11.8 Å². The molecule has 3 aliphatic rings. The molecule has 2 saturated carbocycles. The summed E-state index contributed by atoms with van der Waals surface area (Å²) in [5.41, 5.74) is 4.07. The second-order valence-electron chi connectivity index (χ2n) is 6.82. The van der Waals surface area contributed by atoms with E-state index in [1.807, 2.05) is 0 Å². The summed E-state index contributed by atoms with van der Waals surface area (Å²) in [6, 6.07) is 6.93. The maximum absolute atomic E-state index is 10.9. The summed E-state index contributed by atoms with van der Waals surface area (Å²) in [6.45, 7) is 0. The molecule has 0 amide bonds. The molecular weight excluding hydrogens is 220 g/mol. The molecule has 1 heteroatoms. The highest BCUT2D eigenvalue weighted by Gasteiger charge is 2.49. The highest BCUT2D eigenvalue weighted by atomic mass is 16.3. The van der Waals surface area contributed by atoms with E-state index in [1.54, 1.807) is 11.1 Å². The van der Waals surface area contributed by atoms with Gasteiger partial charge in [0.25, 0.3) is 0 Å². The van der Waals surface area contributed by atoms with Gasteiger partial charge in [0.05, 0.1) is 5.60 Å². The molecule has 4 rings (SSSR count). The molecule has 0 aromatic heterocycles. The van der Waals surface area contributed by atoms with Gasteiger partial charge in [0.2, 0.25) is 0 Å². The average molecular weight is 242 g/mol. The zero-order valence-corrected chi connectivity index (χ0v) is 11.0. The van der Waals surface area contributed by atoms with Crippen molar-refractivity contribution >= 4 is 0 Å². The van der Waals surface area contributed by atoms with E-state index < -0.39 is 0 Å². The standard InChI is InChI=1S/C17H22O/c18-17(11-13-5-7-16(17)9-13)10-12-4-6-14-2-1-3-15(14)8-12/h4,6,8,13,16,18H,1-3,5,7,9-11H2. The molecule has 0 radical (unpaired) electrons. The Kier molecular flexibility index (Phi) is 2.35. The number of hydrogen-bond acceptors (Lipinski definition) is 1. The Bertz CT molecular complexity index is 478. The van der Waals surface area contributed by atoms with Gasteiger partial charge in [-0.25, -0.2) is 0 Å². The second kappa shape index (κ2) is 3.84. The van der Waals surface area contributed by atoms with Gasteiger partial charge >= 0.3 is 0 Å². The van der Waals surface area contributed by atoms with Crippen LogP contribution >= 0.6 is 0 Å². The predicted octanol–water partition coefficient (Wildman–Crippen LogP) is 3.27. The SMILES string of the molecule is OC1(Cc2ccc3c(c2)CCC3)CC2CCC1C2. The van der Waals surface area contributed by atoms with Crippen LogP contribution in [-0.2, 0) is 19.3 Å². The van der Waals surface area contributed by atoms with Gasteiger partial charge in [-0.3, -0.25) is 0 Å². The molecular formula is C17H22O. The Morgan fingerprint density at radius 3 is 2.83 bits per heavy atom. The minimum absolute atomic E-state index is 0.379. The first-order chi connectivity index (χ1) is 8.73. The van der Waals surface area contributed by atoms with Crippen molar-refractivity contribution in [3.05, 3.63) is 34.9 Å². The summed E-state index contributed by atoms with van der Waals surface area (Å²) < 4.78 is 0.